The van der Waals surface area contributed by atoms with Gasteiger partial charge < -0.3 is 4.74 Å². The highest BCUT2D eigenvalue weighted by atomic mass is 19.1. The number of likely N-dealkylation sites (tertiary alicyclic amines) is 1. The SMILES string of the molecule is CCOC(C)C1C(F)CCN1C. The van der Waals surface area contributed by atoms with Crippen molar-refractivity contribution in [3.05, 3.63) is 0 Å². The van der Waals surface area contributed by atoms with Crippen molar-refractivity contribution in [2.75, 3.05) is 20.2 Å². The van der Waals surface area contributed by atoms with E-state index >= 15 is 0 Å². The molecule has 0 aliphatic carbocycles. The molecule has 0 saturated carbocycles. The molecule has 0 aromatic carbocycles. The van der Waals surface area contributed by atoms with Gasteiger partial charge >= 0.3 is 0 Å². The van der Waals surface area contributed by atoms with Crippen LogP contribution in [0.2, 0.25) is 0 Å². The first-order valence-electron chi connectivity index (χ1n) is 4.62. The Balaban J connectivity index is 2.47. The van der Waals surface area contributed by atoms with Crippen molar-refractivity contribution in [1.82, 2.24) is 4.90 Å². The van der Waals surface area contributed by atoms with Gasteiger partial charge in [0, 0.05) is 13.2 Å². The molecule has 0 aromatic heterocycles. The van der Waals surface area contributed by atoms with E-state index in [0.29, 0.717) is 13.0 Å². The van der Waals surface area contributed by atoms with E-state index in [9.17, 15) is 4.39 Å². The molecular weight excluding hydrogens is 157 g/mol. The second-order valence-corrected chi connectivity index (χ2v) is 3.44. The number of hydrogen-bond acceptors (Lipinski definition) is 2. The summed E-state index contributed by atoms with van der Waals surface area (Å²) in [6, 6.07) is -0.0371. The number of halogens is 1. The molecule has 1 heterocycles. The van der Waals surface area contributed by atoms with Crippen LogP contribution in [0.3, 0.4) is 0 Å². The molecule has 1 fully saturated rings. The van der Waals surface area contributed by atoms with E-state index in [0.717, 1.165) is 6.54 Å². The normalized spacial score (nSPS) is 34.0. The zero-order chi connectivity index (χ0) is 9.14. The average Bonchev–Trinajstić information content (AvgIpc) is 2.32. The lowest BCUT2D eigenvalue weighted by atomic mass is 10.1. The Labute approximate surface area is 73.7 Å². The van der Waals surface area contributed by atoms with Crippen molar-refractivity contribution >= 4 is 0 Å². The van der Waals surface area contributed by atoms with E-state index in [2.05, 4.69) is 0 Å². The van der Waals surface area contributed by atoms with Gasteiger partial charge in [-0.2, -0.15) is 0 Å². The molecule has 1 aliphatic heterocycles. The Bertz CT molecular complexity index is 132. The lowest BCUT2D eigenvalue weighted by Crippen LogP contribution is -2.41. The van der Waals surface area contributed by atoms with Gasteiger partial charge in [0.25, 0.3) is 0 Å². The fourth-order valence-corrected chi connectivity index (χ4v) is 1.94. The molecule has 0 aromatic rings. The number of ether oxygens (including phenoxy) is 1. The fraction of sp³-hybridized carbons (Fsp3) is 1.00. The van der Waals surface area contributed by atoms with Crippen LogP contribution in [-0.2, 0) is 4.74 Å². The van der Waals surface area contributed by atoms with E-state index < -0.39 is 6.17 Å². The van der Waals surface area contributed by atoms with Crippen molar-refractivity contribution in [3.63, 3.8) is 0 Å². The Morgan fingerprint density at radius 2 is 2.33 bits per heavy atom. The van der Waals surface area contributed by atoms with Crippen molar-refractivity contribution in [2.45, 2.75) is 38.6 Å². The zero-order valence-corrected chi connectivity index (χ0v) is 8.09. The number of hydrogen-bond donors (Lipinski definition) is 0. The maximum atomic E-state index is 13.3. The average molecular weight is 175 g/mol. The van der Waals surface area contributed by atoms with Gasteiger partial charge in [-0.3, -0.25) is 4.90 Å². The van der Waals surface area contributed by atoms with E-state index in [1.54, 1.807) is 0 Å². The van der Waals surface area contributed by atoms with E-state index in [1.165, 1.54) is 0 Å². The van der Waals surface area contributed by atoms with Gasteiger partial charge in [0.05, 0.1) is 12.1 Å². The van der Waals surface area contributed by atoms with Crippen LogP contribution in [0.25, 0.3) is 0 Å². The molecule has 1 rings (SSSR count). The van der Waals surface area contributed by atoms with E-state index in [-0.39, 0.29) is 12.1 Å². The van der Waals surface area contributed by atoms with Gasteiger partial charge in [0.2, 0.25) is 0 Å². The molecule has 3 unspecified atom stereocenters. The quantitative estimate of drug-likeness (QED) is 0.643. The number of nitrogens with zero attached hydrogens (tertiary/aromatic N) is 1. The minimum atomic E-state index is -0.712. The summed E-state index contributed by atoms with van der Waals surface area (Å²) in [6.07, 6.45) is -0.0486. The van der Waals surface area contributed by atoms with Gasteiger partial charge in [0.1, 0.15) is 6.17 Å². The van der Waals surface area contributed by atoms with Crippen LogP contribution in [0.4, 0.5) is 4.39 Å². The second-order valence-electron chi connectivity index (χ2n) is 3.44. The maximum absolute atomic E-state index is 13.3. The first-order chi connectivity index (χ1) is 5.66. The van der Waals surface area contributed by atoms with Crippen LogP contribution in [-0.4, -0.2) is 43.4 Å². The lowest BCUT2D eigenvalue weighted by molar-refractivity contribution is 0.00435. The van der Waals surface area contributed by atoms with Crippen LogP contribution in [0.15, 0.2) is 0 Å². The summed E-state index contributed by atoms with van der Waals surface area (Å²) in [5.41, 5.74) is 0. The summed E-state index contributed by atoms with van der Waals surface area (Å²) in [4.78, 5) is 2.05. The summed E-state index contributed by atoms with van der Waals surface area (Å²) < 4.78 is 18.7. The van der Waals surface area contributed by atoms with Gasteiger partial charge in [-0.1, -0.05) is 0 Å². The summed E-state index contributed by atoms with van der Waals surface area (Å²) in [5.74, 6) is 0. The summed E-state index contributed by atoms with van der Waals surface area (Å²) >= 11 is 0. The summed E-state index contributed by atoms with van der Waals surface area (Å²) in [6.45, 7) is 5.41. The summed E-state index contributed by atoms with van der Waals surface area (Å²) in [5, 5.41) is 0. The van der Waals surface area contributed by atoms with Crippen molar-refractivity contribution in [2.24, 2.45) is 0 Å². The van der Waals surface area contributed by atoms with Crippen LogP contribution in [0, 0.1) is 0 Å². The molecule has 72 valence electrons. The molecule has 1 aliphatic rings. The molecule has 0 N–H and O–H groups in total. The Kier molecular flexibility index (Phi) is 3.47. The third-order valence-electron chi connectivity index (χ3n) is 2.55. The molecule has 1 saturated heterocycles. The summed E-state index contributed by atoms with van der Waals surface area (Å²) in [7, 11) is 1.96. The molecule has 3 heteroatoms. The van der Waals surface area contributed by atoms with Gasteiger partial charge in [-0.25, -0.2) is 4.39 Å². The van der Waals surface area contributed by atoms with E-state index in [1.807, 2.05) is 25.8 Å². The standard InChI is InChI=1S/C9H18FNO/c1-4-12-7(2)9-8(10)5-6-11(9)3/h7-9H,4-6H2,1-3H3. The second kappa shape index (κ2) is 4.19. The van der Waals surface area contributed by atoms with Gasteiger partial charge in [-0.15, -0.1) is 0 Å². The smallest absolute Gasteiger partial charge is 0.119 e. The minimum Gasteiger partial charge on any atom is -0.377 e. The van der Waals surface area contributed by atoms with Crippen LogP contribution >= 0.6 is 0 Å². The third kappa shape index (κ3) is 1.96. The number of alkyl halides is 1. The minimum absolute atomic E-state index is 0.0116. The molecule has 12 heavy (non-hydrogen) atoms. The zero-order valence-electron chi connectivity index (χ0n) is 8.09. The Morgan fingerprint density at radius 3 is 2.75 bits per heavy atom. The highest BCUT2D eigenvalue weighted by Crippen LogP contribution is 2.23. The Hall–Kier alpha value is -0.150. The Morgan fingerprint density at radius 1 is 1.67 bits per heavy atom. The van der Waals surface area contributed by atoms with Crippen molar-refractivity contribution in [1.29, 1.82) is 0 Å². The first kappa shape index (κ1) is 9.93. The van der Waals surface area contributed by atoms with Crippen LogP contribution < -0.4 is 0 Å². The molecule has 0 bridgehead atoms. The molecular formula is C9H18FNO. The topological polar surface area (TPSA) is 12.5 Å². The molecule has 3 atom stereocenters. The monoisotopic (exact) mass is 175 g/mol. The lowest BCUT2D eigenvalue weighted by Gasteiger charge is -2.27. The molecule has 2 nitrogen and oxygen atoms in total. The van der Waals surface area contributed by atoms with Crippen molar-refractivity contribution < 1.29 is 9.13 Å². The van der Waals surface area contributed by atoms with E-state index in [4.69, 9.17) is 4.74 Å². The first-order valence-corrected chi connectivity index (χ1v) is 4.62. The number of rotatable bonds is 3. The number of likely N-dealkylation sites (N-methyl/N-ethyl adjacent to an activating group) is 1. The van der Waals surface area contributed by atoms with Crippen LogP contribution in [0.5, 0.6) is 0 Å². The van der Waals surface area contributed by atoms with Crippen LogP contribution in [0.1, 0.15) is 20.3 Å². The fourth-order valence-electron chi connectivity index (χ4n) is 1.94. The maximum Gasteiger partial charge on any atom is 0.119 e. The largest absolute Gasteiger partial charge is 0.377 e. The molecule has 0 amide bonds. The van der Waals surface area contributed by atoms with Gasteiger partial charge in [0.15, 0.2) is 0 Å². The third-order valence-corrected chi connectivity index (χ3v) is 2.55. The molecule has 0 radical (unpaired) electrons. The highest BCUT2D eigenvalue weighted by Gasteiger charge is 2.36. The van der Waals surface area contributed by atoms with Gasteiger partial charge in [-0.05, 0) is 27.3 Å². The molecule has 0 spiro atoms. The van der Waals surface area contributed by atoms with Crippen molar-refractivity contribution in [3.8, 4) is 0 Å². The highest BCUT2D eigenvalue weighted by molar-refractivity contribution is 4.89. The predicted octanol–water partition coefficient (Wildman–Crippen LogP) is 1.45. The predicted molar refractivity (Wildman–Crippen MR) is 47.0 cm³/mol.